The zero-order valence-corrected chi connectivity index (χ0v) is 17.6. The average molecular weight is 383 g/mol. The van der Waals surface area contributed by atoms with Crippen LogP contribution in [0.4, 0.5) is 0 Å². The third-order valence-electron chi connectivity index (χ3n) is 4.76. The minimum absolute atomic E-state index is 0.0191. The molecule has 1 aromatic carbocycles. The van der Waals surface area contributed by atoms with Crippen LogP contribution >= 0.6 is 0 Å². The predicted molar refractivity (Wildman–Crippen MR) is 118 cm³/mol. The van der Waals surface area contributed by atoms with Crippen molar-refractivity contribution in [1.82, 2.24) is 15.2 Å². The van der Waals surface area contributed by atoms with Gasteiger partial charge < -0.3 is 15.2 Å². The number of aliphatic imine (C=N–C) groups is 1. The van der Waals surface area contributed by atoms with Crippen molar-refractivity contribution in [2.75, 3.05) is 7.05 Å². The molecule has 5 heteroatoms. The molecule has 0 aliphatic carbocycles. The maximum atomic E-state index is 11.8. The standard InChI is InChI=1S/C23H34N4O/c1-18(2)8-7-9-19(3)26-23(24-4)25-16-20-11-13-21(14-12-20)17-27-15-6-5-10-22(27)28/h5-6,10-15,18-19H,7-9,16-17H2,1-4H3,(H2,24,25,26). The highest BCUT2D eigenvalue weighted by molar-refractivity contribution is 5.79. The van der Waals surface area contributed by atoms with E-state index in [0.29, 0.717) is 19.1 Å². The minimum atomic E-state index is 0.0191. The fourth-order valence-electron chi connectivity index (χ4n) is 3.07. The van der Waals surface area contributed by atoms with Crippen LogP contribution in [0.15, 0.2) is 58.4 Å². The van der Waals surface area contributed by atoms with Gasteiger partial charge in [-0.2, -0.15) is 0 Å². The van der Waals surface area contributed by atoms with E-state index in [9.17, 15) is 4.79 Å². The number of hydrogen-bond donors (Lipinski definition) is 2. The molecule has 0 bridgehead atoms. The van der Waals surface area contributed by atoms with Crippen LogP contribution in [-0.2, 0) is 13.1 Å². The zero-order valence-electron chi connectivity index (χ0n) is 17.6. The number of nitrogens with zero attached hydrogens (tertiary/aromatic N) is 2. The normalized spacial score (nSPS) is 12.8. The Hall–Kier alpha value is -2.56. The van der Waals surface area contributed by atoms with Crippen molar-refractivity contribution in [2.24, 2.45) is 10.9 Å². The number of benzene rings is 1. The third-order valence-corrected chi connectivity index (χ3v) is 4.76. The largest absolute Gasteiger partial charge is 0.354 e. The Morgan fingerprint density at radius 3 is 2.39 bits per heavy atom. The molecule has 5 nitrogen and oxygen atoms in total. The highest BCUT2D eigenvalue weighted by Crippen LogP contribution is 2.08. The Morgan fingerprint density at radius 1 is 1.04 bits per heavy atom. The number of guanidine groups is 1. The molecule has 0 saturated heterocycles. The highest BCUT2D eigenvalue weighted by atomic mass is 16.1. The second kappa shape index (κ2) is 11.3. The number of rotatable bonds is 9. The lowest BCUT2D eigenvalue weighted by Gasteiger charge is -2.18. The van der Waals surface area contributed by atoms with Gasteiger partial charge in [0, 0.05) is 31.9 Å². The van der Waals surface area contributed by atoms with Crippen LogP contribution in [0, 0.1) is 5.92 Å². The van der Waals surface area contributed by atoms with Gasteiger partial charge in [0.05, 0.1) is 6.54 Å². The van der Waals surface area contributed by atoms with Gasteiger partial charge in [-0.25, -0.2) is 0 Å². The van der Waals surface area contributed by atoms with Crippen molar-refractivity contribution in [1.29, 1.82) is 0 Å². The van der Waals surface area contributed by atoms with Crippen molar-refractivity contribution in [3.63, 3.8) is 0 Å². The zero-order chi connectivity index (χ0) is 20.4. The Kier molecular flexibility index (Phi) is 8.79. The molecule has 1 atom stereocenters. The molecular formula is C23H34N4O. The van der Waals surface area contributed by atoms with E-state index in [1.807, 2.05) is 12.3 Å². The van der Waals surface area contributed by atoms with Crippen LogP contribution in [0.1, 0.15) is 51.2 Å². The summed E-state index contributed by atoms with van der Waals surface area (Å²) in [5.41, 5.74) is 2.31. The Morgan fingerprint density at radius 2 is 1.75 bits per heavy atom. The Labute approximate surface area is 168 Å². The molecule has 0 spiro atoms. The van der Waals surface area contributed by atoms with Gasteiger partial charge in [-0.1, -0.05) is 57.0 Å². The number of hydrogen-bond acceptors (Lipinski definition) is 2. The lowest BCUT2D eigenvalue weighted by Crippen LogP contribution is -2.41. The van der Waals surface area contributed by atoms with Crippen molar-refractivity contribution in [3.05, 3.63) is 70.1 Å². The number of nitrogens with one attached hydrogen (secondary N) is 2. The molecule has 0 fully saturated rings. The van der Waals surface area contributed by atoms with Gasteiger partial charge in [-0.15, -0.1) is 0 Å². The molecule has 2 aromatic rings. The van der Waals surface area contributed by atoms with E-state index in [1.165, 1.54) is 18.4 Å². The van der Waals surface area contributed by atoms with Gasteiger partial charge in [0.1, 0.15) is 0 Å². The van der Waals surface area contributed by atoms with Crippen molar-refractivity contribution in [3.8, 4) is 0 Å². The Bertz CT molecular complexity index is 793. The van der Waals surface area contributed by atoms with E-state index < -0.39 is 0 Å². The topological polar surface area (TPSA) is 58.4 Å². The molecule has 1 aromatic heterocycles. The van der Waals surface area contributed by atoms with Gasteiger partial charge in [-0.3, -0.25) is 9.79 Å². The summed E-state index contributed by atoms with van der Waals surface area (Å²) in [4.78, 5) is 16.1. The van der Waals surface area contributed by atoms with E-state index in [-0.39, 0.29) is 5.56 Å². The van der Waals surface area contributed by atoms with Crippen LogP contribution in [0.5, 0.6) is 0 Å². The van der Waals surface area contributed by atoms with E-state index in [0.717, 1.165) is 23.9 Å². The number of aromatic nitrogens is 1. The Balaban J connectivity index is 1.81. The molecule has 0 radical (unpaired) electrons. The first-order valence-electron chi connectivity index (χ1n) is 10.2. The molecule has 152 valence electrons. The molecule has 0 saturated carbocycles. The smallest absolute Gasteiger partial charge is 0.250 e. The average Bonchev–Trinajstić information content (AvgIpc) is 2.67. The van der Waals surface area contributed by atoms with Crippen LogP contribution in [-0.4, -0.2) is 23.6 Å². The van der Waals surface area contributed by atoms with E-state index in [1.54, 1.807) is 23.7 Å². The first-order chi connectivity index (χ1) is 13.5. The summed E-state index contributed by atoms with van der Waals surface area (Å²) in [5.74, 6) is 1.59. The maximum absolute atomic E-state index is 11.8. The molecule has 2 N–H and O–H groups in total. The van der Waals surface area contributed by atoms with E-state index in [2.05, 4.69) is 60.7 Å². The third kappa shape index (κ3) is 7.59. The van der Waals surface area contributed by atoms with Gasteiger partial charge >= 0.3 is 0 Å². The lowest BCUT2D eigenvalue weighted by atomic mass is 10.0. The van der Waals surface area contributed by atoms with E-state index in [4.69, 9.17) is 0 Å². The van der Waals surface area contributed by atoms with Gasteiger partial charge in [-0.05, 0) is 36.5 Å². The fraction of sp³-hybridized carbons (Fsp3) is 0.478. The monoisotopic (exact) mass is 382 g/mol. The summed E-state index contributed by atoms with van der Waals surface area (Å²) < 4.78 is 1.71. The van der Waals surface area contributed by atoms with Crippen molar-refractivity contribution in [2.45, 2.75) is 59.2 Å². The second-order valence-electron chi connectivity index (χ2n) is 7.78. The molecule has 1 heterocycles. The summed E-state index contributed by atoms with van der Waals surface area (Å²) in [6, 6.07) is 14.0. The van der Waals surface area contributed by atoms with Crippen molar-refractivity contribution >= 4 is 5.96 Å². The lowest BCUT2D eigenvalue weighted by molar-refractivity contribution is 0.491. The quantitative estimate of drug-likeness (QED) is 0.513. The van der Waals surface area contributed by atoms with Gasteiger partial charge in [0.2, 0.25) is 0 Å². The molecule has 28 heavy (non-hydrogen) atoms. The SMILES string of the molecule is CN=C(NCc1ccc(Cn2ccccc2=O)cc1)NC(C)CCCC(C)C. The van der Waals surface area contributed by atoms with Crippen LogP contribution in [0.3, 0.4) is 0 Å². The highest BCUT2D eigenvalue weighted by Gasteiger charge is 2.06. The predicted octanol–water partition coefficient (Wildman–Crippen LogP) is 3.78. The van der Waals surface area contributed by atoms with E-state index >= 15 is 0 Å². The van der Waals surface area contributed by atoms with Crippen LogP contribution < -0.4 is 16.2 Å². The summed E-state index contributed by atoms with van der Waals surface area (Å²) in [5, 5.41) is 6.84. The summed E-state index contributed by atoms with van der Waals surface area (Å²) in [6.07, 6.45) is 5.45. The van der Waals surface area contributed by atoms with Crippen LogP contribution in [0.25, 0.3) is 0 Å². The molecule has 0 aliphatic rings. The molecule has 0 amide bonds. The second-order valence-corrected chi connectivity index (χ2v) is 7.78. The van der Waals surface area contributed by atoms with Gasteiger partial charge in [0.25, 0.3) is 5.56 Å². The molecular weight excluding hydrogens is 348 g/mol. The summed E-state index contributed by atoms with van der Waals surface area (Å²) >= 11 is 0. The number of pyridine rings is 1. The fourth-order valence-corrected chi connectivity index (χ4v) is 3.07. The first kappa shape index (κ1) is 21.7. The molecule has 2 rings (SSSR count). The molecule has 1 unspecified atom stereocenters. The minimum Gasteiger partial charge on any atom is -0.354 e. The molecule has 0 aliphatic heterocycles. The maximum Gasteiger partial charge on any atom is 0.250 e. The van der Waals surface area contributed by atoms with Gasteiger partial charge in [0.15, 0.2) is 5.96 Å². The summed E-state index contributed by atoms with van der Waals surface area (Å²) in [6.45, 7) is 8.03. The first-order valence-corrected chi connectivity index (χ1v) is 10.2. The van der Waals surface area contributed by atoms with Crippen molar-refractivity contribution < 1.29 is 0 Å². The van der Waals surface area contributed by atoms with Crippen LogP contribution in [0.2, 0.25) is 0 Å². The summed E-state index contributed by atoms with van der Waals surface area (Å²) in [7, 11) is 1.80.